The van der Waals surface area contributed by atoms with Crippen LogP contribution < -0.4 is 5.32 Å². The van der Waals surface area contributed by atoms with Gasteiger partial charge in [0.25, 0.3) is 0 Å². The Bertz CT molecular complexity index is 625. The van der Waals surface area contributed by atoms with Crippen molar-refractivity contribution in [1.29, 1.82) is 0 Å². The summed E-state index contributed by atoms with van der Waals surface area (Å²) in [6.45, 7) is 1.22. The van der Waals surface area contributed by atoms with Crippen molar-refractivity contribution in [3.05, 3.63) is 70.5 Å². The number of halogens is 3. The van der Waals surface area contributed by atoms with Gasteiger partial charge in [-0.2, -0.15) is 0 Å². The fourth-order valence-electron chi connectivity index (χ4n) is 2.58. The van der Waals surface area contributed by atoms with Crippen LogP contribution in [-0.2, 0) is 6.54 Å². The summed E-state index contributed by atoms with van der Waals surface area (Å²) in [4.78, 5) is 0. The molecule has 19 heavy (non-hydrogen) atoms. The molecule has 98 valence electrons. The Hall–Kier alpha value is -1.81. The van der Waals surface area contributed by atoms with E-state index in [0.717, 1.165) is 17.2 Å². The van der Waals surface area contributed by atoms with Crippen LogP contribution in [0.25, 0.3) is 0 Å². The van der Waals surface area contributed by atoms with Gasteiger partial charge in [-0.25, -0.2) is 13.2 Å². The molecule has 4 heteroatoms. The maximum Gasteiger partial charge on any atom is 0.194 e. The summed E-state index contributed by atoms with van der Waals surface area (Å²) in [5.41, 5.74) is 2.22. The quantitative estimate of drug-likeness (QED) is 0.778. The van der Waals surface area contributed by atoms with Gasteiger partial charge in [0.15, 0.2) is 17.5 Å². The van der Waals surface area contributed by atoms with Crippen molar-refractivity contribution in [2.75, 3.05) is 6.54 Å². The molecule has 1 heterocycles. The van der Waals surface area contributed by atoms with Gasteiger partial charge in [-0.15, -0.1) is 0 Å². The number of benzene rings is 2. The first-order valence-corrected chi connectivity index (χ1v) is 6.10. The maximum absolute atomic E-state index is 13.9. The van der Waals surface area contributed by atoms with Crippen molar-refractivity contribution >= 4 is 0 Å². The molecular weight excluding hydrogens is 251 g/mol. The molecule has 0 bridgehead atoms. The van der Waals surface area contributed by atoms with Crippen molar-refractivity contribution in [2.24, 2.45) is 0 Å². The third-order valence-electron chi connectivity index (χ3n) is 3.53. The Kier molecular flexibility index (Phi) is 3.03. The van der Waals surface area contributed by atoms with E-state index in [2.05, 4.69) is 5.32 Å². The monoisotopic (exact) mass is 263 g/mol. The summed E-state index contributed by atoms with van der Waals surface area (Å²) < 4.78 is 40.2. The van der Waals surface area contributed by atoms with Gasteiger partial charge in [-0.05, 0) is 22.8 Å². The van der Waals surface area contributed by atoms with Crippen LogP contribution in [0.5, 0.6) is 0 Å². The zero-order valence-electron chi connectivity index (χ0n) is 10.1. The third kappa shape index (κ3) is 2.02. The smallest absolute Gasteiger partial charge is 0.194 e. The van der Waals surface area contributed by atoms with E-state index < -0.39 is 17.5 Å². The SMILES string of the molecule is Fc1ccc(C2CNCc3ccccc32)c(F)c1F. The van der Waals surface area contributed by atoms with Gasteiger partial charge in [-0.1, -0.05) is 30.3 Å². The second-order valence-corrected chi connectivity index (χ2v) is 4.65. The molecule has 1 nitrogen and oxygen atoms in total. The van der Waals surface area contributed by atoms with E-state index in [0.29, 0.717) is 13.1 Å². The lowest BCUT2D eigenvalue weighted by molar-refractivity contribution is 0.434. The van der Waals surface area contributed by atoms with Gasteiger partial charge in [0, 0.05) is 19.0 Å². The molecule has 0 saturated carbocycles. The number of hydrogen-bond donors (Lipinski definition) is 1. The lowest BCUT2D eigenvalue weighted by Gasteiger charge is -2.27. The zero-order chi connectivity index (χ0) is 13.4. The highest BCUT2D eigenvalue weighted by molar-refractivity contribution is 5.41. The van der Waals surface area contributed by atoms with Crippen LogP contribution in [0.15, 0.2) is 36.4 Å². The van der Waals surface area contributed by atoms with E-state index in [1.54, 1.807) is 0 Å². The van der Waals surface area contributed by atoms with Crippen molar-refractivity contribution < 1.29 is 13.2 Å². The molecule has 1 atom stereocenters. The van der Waals surface area contributed by atoms with Gasteiger partial charge in [0.1, 0.15) is 0 Å². The molecule has 0 fully saturated rings. The second kappa shape index (κ2) is 4.70. The molecule has 0 aromatic heterocycles. The van der Waals surface area contributed by atoms with Gasteiger partial charge in [-0.3, -0.25) is 0 Å². The highest BCUT2D eigenvalue weighted by Crippen LogP contribution is 2.32. The van der Waals surface area contributed by atoms with E-state index in [9.17, 15) is 13.2 Å². The van der Waals surface area contributed by atoms with E-state index in [1.165, 1.54) is 6.07 Å². The fraction of sp³-hybridized carbons (Fsp3) is 0.200. The van der Waals surface area contributed by atoms with Crippen LogP contribution in [-0.4, -0.2) is 6.54 Å². The van der Waals surface area contributed by atoms with Crippen LogP contribution in [0, 0.1) is 17.5 Å². The molecule has 3 rings (SSSR count). The molecule has 2 aromatic carbocycles. The minimum absolute atomic E-state index is 0.193. The summed E-state index contributed by atoms with van der Waals surface area (Å²) in [6, 6.07) is 9.93. The molecule has 0 amide bonds. The maximum atomic E-state index is 13.9. The highest BCUT2D eigenvalue weighted by atomic mass is 19.2. The Morgan fingerprint density at radius 1 is 0.895 bits per heavy atom. The largest absolute Gasteiger partial charge is 0.312 e. The van der Waals surface area contributed by atoms with E-state index in [1.807, 2.05) is 24.3 Å². The lowest BCUT2D eigenvalue weighted by atomic mass is 9.85. The summed E-state index contributed by atoms with van der Waals surface area (Å²) in [5.74, 6) is -3.94. The number of nitrogens with one attached hydrogen (secondary N) is 1. The average Bonchev–Trinajstić information content (AvgIpc) is 2.45. The summed E-state index contributed by atoms with van der Waals surface area (Å²) >= 11 is 0. The number of rotatable bonds is 1. The summed E-state index contributed by atoms with van der Waals surface area (Å²) in [5, 5.41) is 3.17. The normalized spacial score (nSPS) is 18.2. The predicted octanol–water partition coefficient (Wildman–Crippen LogP) is 3.34. The zero-order valence-corrected chi connectivity index (χ0v) is 10.1. The fourth-order valence-corrected chi connectivity index (χ4v) is 2.58. The van der Waals surface area contributed by atoms with Crippen LogP contribution in [0.3, 0.4) is 0 Å². The van der Waals surface area contributed by atoms with Crippen LogP contribution in [0.2, 0.25) is 0 Å². The molecule has 1 aliphatic heterocycles. The molecule has 0 saturated heterocycles. The Labute approximate surface area is 109 Å². The molecular formula is C15H12F3N. The van der Waals surface area contributed by atoms with E-state index in [4.69, 9.17) is 0 Å². The Balaban J connectivity index is 2.12. The van der Waals surface area contributed by atoms with Gasteiger partial charge >= 0.3 is 0 Å². The number of fused-ring (bicyclic) bond motifs is 1. The van der Waals surface area contributed by atoms with Crippen molar-refractivity contribution in [1.82, 2.24) is 5.32 Å². The molecule has 1 N–H and O–H groups in total. The molecule has 1 aliphatic rings. The number of hydrogen-bond acceptors (Lipinski definition) is 1. The first-order valence-electron chi connectivity index (χ1n) is 6.10. The molecule has 0 aliphatic carbocycles. The first-order chi connectivity index (χ1) is 9.18. The van der Waals surface area contributed by atoms with Gasteiger partial charge in [0.2, 0.25) is 0 Å². The standard InChI is InChI=1S/C15H12F3N/c16-13-6-5-11(14(17)15(13)18)12-8-19-7-9-3-1-2-4-10(9)12/h1-6,12,19H,7-8H2. The molecule has 0 radical (unpaired) electrons. The lowest BCUT2D eigenvalue weighted by Crippen LogP contribution is -2.29. The van der Waals surface area contributed by atoms with Crippen molar-refractivity contribution in [3.63, 3.8) is 0 Å². The predicted molar refractivity (Wildman–Crippen MR) is 66.3 cm³/mol. The Morgan fingerprint density at radius 3 is 2.53 bits per heavy atom. The van der Waals surface area contributed by atoms with Crippen molar-refractivity contribution in [3.8, 4) is 0 Å². The summed E-state index contributed by atoms with van der Waals surface area (Å²) in [6.07, 6.45) is 0. The van der Waals surface area contributed by atoms with Gasteiger partial charge in [0.05, 0.1) is 0 Å². The minimum atomic E-state index is -1.40. The van der Waals surface area contributed by atoms with Gasteiger partial charge < -0.3 is 5.32 Å². The molecule has 0 spiro atoms. The average molecular weight is 263 g/mol. The molecule has 2 aromatic rings. The third-order valence-corrected chi connectivity index (χ3v) is 3.53. The van der Waals surface area contributed by atoms with E-state index in [-0.39, 0.29) is 11.5 Å². The van der Waals surface area contributed by atoms with Crippen LogP contribution in [0.1, 0.15) is 22.6 Å². The van der Waals surface area contributed by atoms with Crippen LogP contribution in [0.4, 0.5) is 13.2 Å². The highest BCUT2D eigenvalue weighted by Gasteiger charge is 2.26. The summed E-state index contributed by atoms with van der Waals surface area (Å²) in [7, 11) is 0. The van der Waals surface area contributed by atoms with E-state index >= 15 is 0 Å². The second-order valence-electron chi connectivity index (χ2n) is 4.65. The molecule has 1 unspecified atom stereocenters. The first kappa shape index (κ1) is 12.2. The van der Waals surface area contributed by atoms with Crippen LogP contribution >= 0.6 is 0 Å². The minimum Gasteiger partial charge on any atom is -0.312 e. The van der Waals surface area contributed by atoms with Crippen molar-refractivity contribution in [2.45, 2.75) is 12.5 Å². The topological polar surface area (TPSA) is 12.0 Å². The Morgan fingerprint density at radius 2 is 1.68 bits per heavy atom.